The van der Waals surface area contributed by atoms with Crippen LogP contribution >= 0.6 is 0 Å². The Morgan fingerprint density at radius 2 is 2.20 bits per heavy atom. The average molecular weight is 208 g/mol. The fraction of sp³-hybridized carbons (Fsp3) is 0.333. The molecule has 0 aromatic heterocycles. The number of halogens is 1. The van der Waals surface area contributed by atoms with E-state index in [0.29, 0.717) is 0 Å². The van der Waals surface area contributed by atoms with E-state index in [1.54, 1.807) is 6.07 Å². The second-order valence-corrected chi connectivity index (χ2v) is 3.52. The van der Waals surface area contributed by atoms with E-state index in [1.807, 2.05) is 26.1 Å². The summed E-state index contributed by atoms with van der Waals surface area (Å²) in [4.78, 5) is 0. The Morgan fingerprint density at radius 1 is 1.47 bits per heavy atom. The van der Waals surface area contributed by atoms with E-state index in [4.69, 9.17) is 5.73 Å². The summed E-state index contributed by atoms with van der Waals surface area (Å²) in [7, 11) is 1.90. The van der Waals surface area contributed by atoms with Crippen molar-refractivity contribution in [3.63, 3.8) is 0 Å². The van der Waals surface area contributed by atoms with Crippen LogP contribution < -0.4 is 11.1 Å². The fourth-order valence-corrected chi connectivity index (χ4v) is 1.34. The zero-order chi connectivity index (χ0) is 11.3. The minimum absolute atomic E-state index is 0.208. The van der Waals surface area contributed by atoms with Gasteiger partial charge in [0.2, 0.25) is 0 Å². The predicted molar refractivity (Wildman–Crippen MR) is 63.1 cm³/mol. The van der Waals surface area contributed by atoms with Gasteiger partial charge in [0.05, 0.1) is 5.69 Å². The zero-order valence-corrected chi connectivity index (χ0v) is 9.18. The Hall–Kier alpha value is -1.35. The highest BCUT2D eigenvalue weighted by Gasteiger charge is 2.01. The van der Waals surface area contributed by atoms with Crippen molar-refractivity contribution in [1.29, 1.82) is 0 Å². The van der Waals surface area contributed by atoms with Crippen molar-refractivity contribution in [3.8, 4) is 0 Å². The lowest BCUT2D eigenvalue weighted by molar-refractivity contribution is 0.632. The number of aryl methyl sites for hydroxylation is 1. The summed E-state index contributed by atoms with van der Waals surface area (Å²) in [5.74, 6) is -0.353. The molecule has 0 amide bonds. The first-order valence-corrected chi connectivity index (χ1v) is 5.02. The van der Waals surface area contributed by atoms with Crippen molar-refractivity contribution in [2.75, 3.05) is 19.3 Å². The van der Waals surface area contributed by atoms with Crippen LogP contribution in [0.2, 0.25) is 0 Å². The number of nitrogens with two attached hydrogens (primary N) is 1. The highest BCUT2D eigenvalue weighted by molar-refractivity contribution is 5.58. The Bertz CT molecular complexity index is 359. The summed E-state index contributed by atoms with van der Waals surface area (Å²) in [5.41, 5.74) is 7.55. The van der Waals surface area contributed by atoms with Crippen LogP contribution in [0.1, 0.15) is 17.5 Å². The molecule has 0 fully saturated rings. The minimum Gasteiger partial charge on any atom is -0.396 e. The highest BCUT2D eigenvalue weighted by Crippen LogP contribution is 2.18. The van der Waals surface area contributed by atoms with E-state index in [1.165, 1.54) is 6.07 Å². The molecule has 0 saturated carbocycles. The summed E-state index contributed by atoms with van der Waals surface area (Å²) < 4.78 is 13.2. The Balaban J connectivity index is 2.77. The van der Waals surface area contributed by atoms with Gasteiger partial charge >= 0.3 is 0 Å². The topological polar surface area (TPSA) is 38.0 Å². The van der Waals surface area contributed by atoms with Gasteiger partial charge in [-0.05, 0) is 50.2 Å². The third-order valence-corrected chi connectivity index (χ3v) is 2.24. The van der Waals surface area contributed by atoms with Crippen LogP contribution in [0.5, 0.6) is 0 Å². The van der Waals surface area contributed by atoms with E-state index in [0.717, 1.165) is 24.1 Å². The van der Waals surface area contributed by atoms with Crippen LogP contribution in [0.25, 0.3) is 6.08 Å². The lowest BCUT2D eigenvalue weighted by atomic mass is 10.1. The van der Waals surface area contributed by atoms with Gasteiger partial charge in [0.15, 0.2) is 0 Å². The molecule has 1 aromatic rings. The zero-order valence-electron chi connectivity index (χ0n) is 9.18. The van der Waals surface area contributed by atoms with Crippen LogP contribution in [0.3, 0.4) is 0 Å². The van der Waals surface area contributed by atoms with Crippen LogP contribution in [0.4, 0.5) is 10.1 Å². The molecule has 0 spiro atoms. The van der Waals surface area contributed by atoms with Crippen molar-refractivity contribution in [1.82, 2.24) is 5.32 Å². The van der Waals surface area contributed by atoms with E-state index in [9.17, 15) is 4.39 Å². The van der Waals surface area contributed by atoms with Crippen LogP contribution in [0, 0.1) is 12.7 Å². The summed E-state index contributed by atoms with van der Waals surface area (Å²) in [6.07, 6.45) is 4.88. The van der Waals surface area contributed by atoms with Gasteiger partial charge in [-0.25, -0.2) is 4.39 Å². The first-order chi connectivity index (χ1) is 7.15. The van der Waals surface area contributed by atoms with Crippen LogP contribution in [0.15, 0.2) is 18.2 Å². The summed E-state index contributed by atoms with van der Waals surface area (Å²) in [6, 6.07) is 3.13. The normalized spacial score (nSPS) is 11.1. The predicted octanol–water partition coefficient (Wildman–Crippen LogP) is 2.34. The third kappa shape index (κ3) is 3.36. The van der Waals surface area contributed by atoms with Crippen molar-refractivity contribution in [2.24, 2.45) is 0 Å². The van der Waals surface area contributed by atoms with Gasteiger partial charge in [-0.15, -0.1) is 0 Å². The molecule has 0 atom stereocenters. The second-order valence-electron chi connectivity index (χ2n) is 3.52. The fourth-order valence-electron chi connectivity index (χ4n) is 1.34. The number of nitrogens with one attached hydrogen (secondary N) is 1. The SMILES string of the molecule is CNCCC=Cc1cc(F)c(N)cc1C. The number of nitrogen functional groups attached to an aromatic ring is 1. The van der Waals surface area contributed by atoms with Gasteiger partial charge in [-0.3, -0.25) is 0 Å². The molecule has 1 rings (SSSR count). The Morgan fingerprint density at radius 3 is 2.87 bits per heavy atom. The van der Waals surface area contributed by atoms with Crippen molar-refractivity contribution < 1.29 is 4.39 Å². The molecular formula is C12H17FN2. The summed E-state index contributed by atoms with van der Waals surface area (Å²) >= 11 is 0. The second kappa shape index (κ2) is 5.51. The summed E-state index contributed by atoms with van der Waals surface area (Å²) in [5, 5.41) is 3.04. The molecule has 2 nitrogen and oxygen atoms in total. The van der Waals surface area contributed by atoms with Gasteiger partial charge in [-0.1, -0.05) is 12.2 Å². The van der Waals surface area contributed by atoms with Gasteiger partial charge in [0, 0.05) is 0 Å². The van der Waals surface area contributed by atoms with Gasteiger partial charge < -0.3 is 11.1 Å². The maximum absolute atomic E-state index is 13.2. The monoisotopic (exact) mass is 208 g/mol. The number of hydrogen-bond acceptors (Lipinski definition) is 2. The van der Waals surface area contributed by atoms with E-state index in [-0.39, 0.29) is 11.5 Å². The first kappa shape index (κ1) is 11.7. The molecule has 3 heteroatoms. The smallest absolute Gasteiger partial charge is 0.146 e. The summed E-state index contributed by atoms with van der Waals surface area (Å²) in [6.45, 7) is 2.85. The average Bonchev–Trinajstić information content (AvgIpc) is 2.20. The Labute approximate surface area is 90.0 Å². The molecule has 0 aliphatic heterocycles. The maximum atomic E-state index is 13.2. The first-order valence-electron chi connectivity index (χ1n) is 5.02. The lowest BCUT2D eigenvalue weighted by Crippen LogP contribution is -2.05. The van der Waals surface area contributed by atoms with Crippen LogP contribution in [-0.2, 0) is 0 Å². The van der Waals surface area contributed by atoms with Crippen LogP contribution in [-0.4, -0.2) is 13.6 Å². The number of rotatable bonds is 4. The molecule has 0 aliphatic carbocycles. The standard InChI is InChI=1S/C12H17FN2/c1-9-7-12(14)11(13)8-10(9)5-3-4-6-15-2/h3,5,7-8,15H,4,6,14H2,1-2H3. The molecule has 0 heterocycles. The van der Waals surface area contributed by atoms with Gasteiger partial charge in [0.25, 0.3) is 0 Å². The molecular weight excluding hydrogens is 191 g/mol. The van der Waals surface area contributed by atoms with E-state index >= 15 is 0 Å². The molecule has 82 valence electrons. The lowest BCUT2D eigenvalue weighted by Gasteiger charge is -2.03. The van der Waals surface area contributed by atoms with Gasteiger partial charge in [-0.2, -0.15) is 0 Å². The quantitative estimate of drug-likeness (QED) is 0.588. The minimum atomic E-state index is -0.353. The van der Waals surface area contributed by atoms with E-state index in [2.05, 4.69) is 5.32 Å². The molecule has 0 unspecified atom stereocenters. The maximum Gasteiger partial charge on any atom is 0.146 e. The molecule has 0 aliphatic rings. The Kier molecular flexibility index (Phi) is 4.31. The molecule has 15 heavy (non-hydrogen) atoms. The molecule has 1 aromatic carbocycles. The van der Waals surface area contributed by atoms with Crippen molar-refractivity contribution in [3.05, 3.63) is 35.2 Å². The highest BCUT2D eigenvalue weighted by atomic mass is 19.1. The van der Waals surface area contributed by atoms with Gasteiger partial charge in [0.1, 0.15) is 5.82 Å². The molecule has 0 radical (unpaired) electrons. The third-order valence-electron chi connectivity index (χ3n) is 2.24. The number of hydrogen-bond donors (Lipinski definition) is 2. The van der Waals surface area contributed by atoms with E-state index < -0.39 is 0 Å². The molecule has 0 bridgehead atoms. The largest absolute Gasteiger partial charge is 0.396 e. The van der Waals surface area contributed by atoms with Crippen molar-refractivity contribution >= 4 is 11.8 Å². The number of benzene rings is 1. The van der Waals surface area contributed by atoms with Crippen molar-refractivity contribution in [2.45, 2.75) is 13.3 Å². The molecule has 0 saturated heterocycles. The number of anilines is 1. The molecule has 3 N–H and O–H groups in total.